The van der Waals surface area contributed by atoms with Crippen molar-refractivity contribution >= 4 is 17.3 Å². The molecule has 7 heteroatoms. The predicted molar refractivity (Wildman–Crippen MR) is 98.2 cm³/mol. The number of fused-ring (bicyclic) bond motifs is 1. The second kappa shape index (κ2) is 7.05. The summed E-state index contributed by atoms with van der Waals surface area (Å²) < 4.78 is 5.28. The summed E-state index contributed by atoms with van der Waals surface area (Å²) in [5.41, 5.74) is 3.79. The van der Waals surface area contributed by atoms with E-state index in [9.17, 15) is 14.9 Å². The zero-order valence-corrected chi connectivity index (χ0v) is 15.4. The minimum Gasteiger partial charge on any atom is -0.487 e. The molecule has 1 aromatic rings. The molecule has 3 atom stereocenters. The molecule has 0 unspecified atom stereocenters. The van der Waals surface area contributed by atoms with Crippen molar-refractivity contribution in [2.75, 3.05) is 6.61 Å². The first-order valence-corrected chi connectivity index (χ1v) is 9.14. The number of hydrogen-bond donors (Lipinski definition) is 1. The summed E-state index contributed by atoms with van der Waals surface area (Å²) in [5, 5.41) is 15.4. The topological polar surface area (TPSA) is 93.8 Å². The van der Waals surface area contributed by atoms with Crippen molar-refractivity contribution in [2.24, 2.45) is 22.4 Å². The van der Waals surface area contributed by atoms with Crippen LogP contribution in [0.3, 0.4) is 0 Å². The second-order valence-corrected chi connectivity index (χ2v) is 7.38. The Hall–Kier alpha value is -2.44. The van der Waals surface area contributed by atoms with Gasteiger partial charge in [0.15, 0.2) is 5.75 Å². The summed E-state index contributed by atoms with van der Waals surface area (Å²) in [5.74, 6) is 0.696. The number of nitrogens with one attached hydrogen (secondary N) is 1. The maximum absolute atomic E-state index is 12.5. The first-order valence-electron chi connectivity index (χ1n) is 9.14. The van der Waals surface area contributed by atoms with E-state index in [1.54, 1.807) is 26.0 Å². The van der Waals surface area contributed by atoms with Gasteiger partial charge >= 0.3 is 5.69 Å². The molecule has 2 fully saturated rings. The van der Waals surface area contributed by atoms with Crippen molar-refractivity contribution in [3.8, 4) is 5.75 Å². The number of ether oxygens (including phenoxy) is 1. The fraction of sp³-hybridized carbons (Fsp3) is 0.579. The van der Waals surface area contributed by atoms with Crippen LogP contribution in [0.4, 0.5) is 5.69 Å². The van der Waals surface area contributed by atoms with Crippen LogP contribution < -0.4 is 10.2 Å². The SMILES string of the molecule is CCOc1ccc(/C(C)=N\NC(=O)[C@@H]2[C@H]3CCCC[C@@]32C)cc1[N+](=O)[O-]. The average Bonchev–Trinajstić information content (AvgIpc) is 3.25. The van der Waals surface area contributed by atoms with Crippen LogP contribution >= 0.6 is 0 Å². The molecule has 2 aliphatic rings. The van der Waals surface area contributed by atoms with E-state index >= 15 is 0 Å². The third-order valence-electron chi connectivity index (χ3n) is 5.82. The standard InChI is InChI=1S/C19H25N3O4/c1-4-26-16-9-8-13(11-15(16)22(24)25)12(2)20-21-18(23)17-14-7-5-6-10-19(14,17)3/h8-9,11,14,17H,4-7,10H2,1-3H3,(H,21,23)/b20-12-/t14-,17+,19+/m1/s1. The van der Waals surface area contributed by atoms with Gasteiger partial charge in [-0.2, -0.15) is 5.10 Å². The van der Waals surface area contributed by atoms with E-state index < -0.39 is 4.92 Å². The molecule has 0 heterocycles. The second-order valence-electron chi connectivity index (χ2n) is 7.38. The normalized spacial score (nSPS) is 27.4. The van der Waals surface area contributed by atoms with Crippen LogP contribution in [-0.2, 0) is 4.79 Å². The van der Waals surface area contributed by atoms with Crippen molar-refractivity contribution in [3.63, 3.8) is 0 Å². The number of nitrogens with zero attached hydrogens (tertiary/aromatic N) is 2. The van der Waals surface area contributed by atoms with Gasteiger partial charge in [-0.1, -0.05) is 19.8 Å². The van der Waals surface area contributed by atoms with Gasteiger partial charge in [0.2, 0.25) is 5.91 Å². The third-order valence-corrected chi connectivity index (χ3v) is 5.82. The molecule has 0 radical (unpaired) electrons. The maximum Gasteiger partial charge on any atom is 0.311 e. The molecule has 3 rings (SSSR count). The Kier molecular flexibility index (Phi) is 4.98. The Bertz CT molecular complexity index is 761. The van der Waals surface area contributed by atoms with Gasteiger partial charge < -0.3 is 4.74 Å². The van der Waals surface area contributed by atoms with Gasteiger partial charge in [-0.05, 0) is 50.2 Å². The maximum atomic E-state index is 12.5. The molecular formula is C19H25N3O4. The van der Waals surface area contributed by atoms with E-state index in [1.807, 2.05) is 0 Å². The smallest absolute Gasteiger partial charge is 0.311 e. The Morgan fingerprint density at radius 3 is 2.85 bits per heavy atom. The molecule has 1 aromatic carbocycles. The molecule has 140 valence electrons. The van der Waals surface area contributed by atoms with Crippen LogP contribution in [0, 0.1) is 27.4 Å². The number of hydrazone groups is 1. The van der Waals surface area contributed by atoms with Crippen molar-refractivity contribution < 1.29 is 14.5 Å². The number of carbonyl (C=O) groups excluding carboxylic acids is 1. The highest BCUT2D eigenvalue weighted by Crippen LogP contribution is 2.66. The minimum absolute atomic E-state index is 0.0382. The van der Waals surface area contributed by atoms with Crippen molar-refractivity contribution in [1.29, 1.82) is 0 Å². The lowest BCUT2D eigenvalue weighted by molar-refractivity contribution is -0.385. The molecule has 0 saturated heterocycles. The number of hydrogen-bond acceptors (Lipinski definition) is 5. The van der Waals surface area contributed by atoms with E-state index in [-0.39, 0.29) is 28.7 Å². The molecular weight excluding hydrogens is 334 g/mol. The van der Waals surface area contributed by atoms with Crippen LogP contribution in [0.5, 0.6) is 5.75 Å². The highest BCUT2D eigenvalue weighted by Gasteiger charge is 2.64. The summed E-state index contributed by atoms with van der Waals surface area (Å²) >= 11 is 0. The van der Waals surface area contributed by atoms with Crippen molar-refractivity contribution in [2.45, 2.75) is 46.5 Å². The Morgan fingerprint density at radius 2 is 2.23 bits per heavy atom. The Balaban J connectivity index is 1.71. The molecule has 0 aromatic heterocycles. The molecule has 0 aliphatic heterocycles. The summed E-state index contributed by atoms with van der Waals surface area (Å²) in [6.45, 7) is 6.04. The van der Waals surface area contributed by atoms with E-state index in [1.165, 1.54) is 18.9 Å². The van der Waals surface area contributed by atoms with Crippen LogP contribution in [0.25, 0.3) is 0 Å². The van der Waals surface area contributed by atoms with Gasteiger partial charge in [0.05, 0.1) is 17.2 Å². The molecule has 1 N–H and O–H groups in total. The molecule has 0 spiro atoms. The van der Waals surface area contributed by atoms with Gasteiger partial charge in [-0.15, -0.1) is 0 Å². The van der Waals surface area contributed by atoms with Crippen molar-refractivity contribution in [3.05, 3.63) is 33.9 Å². The lowest BCUT2D eigenvalue weighted by Crippen LogP contribution is -2.23. The zero-order valence-electron chi connectivity index (χ0n) is 15.4. The van der Waals surface area contributed by atoms with Crippen LogP contribution in [-0.4, -0.2) is 23.1 Å². The Labute approximate surface area is 153 Å². The van der Waals surface area contributed by atoms with Crippen LogP contribution in [0.2, 0.25) is 0 Å². The molecule has 1 amide bonds. The number of carbonyl (C=O) groups is 1. The summed E-state index contributed by atoms with van der Waals surface area (Å²) in [6, 6.07) is 4.70. The average molecular weight is 359 g/mol. The first-order chi connectivity index (χ1) is 12.4. The number of amides is 1. The van der Waals surface area contributed by atoms with Crippen LogP contribution in [0.15, 0.2) is 23.3 Å². The van der Waals surface area contributed by atoms with E-state index in [0.29, 0.717) is 23.8 Å². The van der Waals surface area contributed by atoms with Gasteiger partial charge in [0.1, 0.15) is 0 Å². The largest absolute Gasteiger partial charge is 0.487 e. The summed E-state index contributed by atoms with van der Waals surface area (Å²) in [6.07, 6.45) is 4.60. The van der Waals surface area contributed by atoms with Gasteiger partial charge in [-0.25, -0.2) is 5.43 Å². The van der Waals surface area contributed by atoms with Crippen LogP contribution in [0.1, 0.15) is 52.0 Å². The molecule has 7 nitrogen and oxygen atoms in total. The van der Waals surface area contributed by atoms with Crippen molar-refractivity contribution in [1.82, 2.24) is 5.43 Å². The quantitative estimate of drug-likeness (QED) is 0.476. The number of nitro benzene ring substituents is 1. The van der Waals surface area contributed by atoms with E-state index in [4.69, 9.17) is 4.74 Å². The predicted octanol–water partition coefficient (Wildman–Crippen LogP) is 3.66. The van der Waals surface area contributed by atoms with Gasteiger partial charge in [0.25, 0.3) is 0 Å². The minimum atomic E-state index is -0.476. The van der Waals surface area contributed by atoms with Gasteiger partial charge in [0, 0.05) is 17.5 Å². The highest BCUT2D eigenvalue weighted by atomic mass is 16.6. The fourth-order valence-corrected chi connectivity index (χ4v) is 4.29. The molecule has 26 heavy (non-hydrogen) atoms. The van der Waals surface area contributed by atoms with E-state index in [0.717, 1.165) is 12.8 Å². The molecule has 0 bridgehead atoms. The molecule has 2 saturated carbocycles. The summed E-state index contributed by atoms with van der Waals surface area (Å²) in [4.78, 5) is 23.2. The first kappa shape index (κ1) is 18.4. The third kappa shape index (κ3) is 3.30. The van der Waals surface area contributed by atoms with Gasteiger partial charge in [-0.3, -0.25) is 14.9 Å². The monoisotopic (exact) mass is 359 g/mol. The fourth-order valence-electron chi connectivity index (χ4n) is 4.29. The van der Waals surface area contributed by atoms with E-state index in [2.05, 4.69) is 17.5 Å². The zero-order chi connectivity index (χ0) is 18.9. The number of nitro groups is 1. The number of benzene rings is 1. The highest BCUT2D eigenvalue weighted by molar-refractivity contribution is 6.00. The Morgan fingerprint density at radius 1 is 1.46 bits per heavy atom. The lowest BCUT2D eigenvalue weighted by atomic mass is 9.90. The lowest BCUT2D eigenvalue weighted by Gasteiger charge is -2.15. The summed E-state index contributed by atoms with van der Waals surface area (Å²) in [7, 11) is 0. The molecule has 2 aliphatic carbocycles. The number of rotatable bonds is 6.